The normalized spacial score (nSPS) is 13.0. The molecule has 0 saturated heterocycles. The van der Waals surface area contributed by atoms with E-state index in [9.17, 15) is 0 Å². The van der Waals surface area contributed by atoms with Gasteiger partial charge in [-0.25, -0.2) is 4.98 Å². The first-order valence-electron chi connectivity index (χ1n) is 17.8. The molecule has 0 N–H and O–H groups in total. The van der Waals surface area contributed by atoms with Crippen LogP contribution in [0, 0.1) is 0 Å². The molecule has 4 nitrogen and oxygen atoms in total. The molecular formula is C48H34N4. The van der Waals surface area contributed by atoms with Gasteiger partial charge in [-0.15, -0.1) is 0 Å². The minimum atomic E-state index is -0.232. The summed E-state index contributed by atoms with van der Waals surface area (Å²) < 4.78 is 2.29. The smallest absolute Gasteiger partial charge is 0.238 e. The molecule has 0 fully saturated rings. The molecule has 1 aliphatic rings. The lowest BCUT2D eigenvalue weighted by Gasteiger charge is -2.23. The molecule has 0 aliphatic heterocycles. The maximum absolute atomic E-state index is 5.40. The predicted octanol–water partition coefficient (Wildman–Crippen LogP) is 11.9. The van der Waals surface area contributed by atoms with Crippen LogP contribution in [0.4, 0.5) is 0 Å². The van der Waals surface area contributed by atoms with Crippen LogP contribution in [0.25, 0.3) is 83.9 Å². The van der Waals surface area contributed by atoms with E-state index in [1.165, 1.54) is 33.0 Å². The number of fused-ring (bicyclic) bond motifs is 7. The molecule has 7 aromatic carbocycles. The molecule has 2 aromatic heterocycles. The van der Waals surface area contributed by atoms with Crippen LogP contribution >= 0.6 is 0 Å². The van der Waals surface area contributed by atoms with Gasteiger partial charge in [0.05, 0.1) is 11.0 Å². The van der Waals surface area contributed by atoms with Crippen molar-refractivity contribution in [2.45, 2.75) is 19.3 Å². The maximum Gasteiger partial charge on any atom is 0.238 e. The number of hydrogen-bond acceptors (Lipinski definition) is 3. The Labute approximate surface area is 302 Å². The zero-order valence-electron chi connectivity index (χ0n) is 29.0. The van der Waals surface area contributed by atoms with Crippen LogP contribution in [0.1, 0.15) is 25.0 Å². The van der Waals surface area contributed by atoms with Gasteiger partial charge in [0.25, 0.3) is 0 Å². The number of nitrogens with zero attached hydrogens (tertiary/aromatic N) is 4. The van der Waals surface area contributed by atoms with Crippen LogP contribution < -0.4 is 0 Å². The van der Waals surface area contributed by atoms with Gasteiger partial charge in [0.1, 0.15) is 0 Å². The molecule has 0 bridgehead atoms. The largest absolute Gasteiger partial charge is 0.277 e. The molecule has 246 valence electrons. The third-order valence-electron chi connectivity index (χ3n) is 10.6. The van der Waals surface area contributed by atoms with Gasteiger partial charge in [0.2, 0.25) is 5.95 Å². The highest BCUT2D eigenvalue weighted by Crippen LogP contribution is 2.52. The Hall–Kier alpha value is -6.65. The first kappa shape index (κ1) is 30.2. The number of para-hydroxylation sites is 1. The quantitative estimate of drug-likeness (QED) is 0.184. The Morgan fingerprint density at radius 3 is 1.63 bits per heavy atom. The third-order valence-corrected chi connectivity index (χ3v) is 10.6. The second kappa shape index (κ2) is 11.7. The standard InChI is InChI=1S/C48H34N4/c1-48(2)41-24-14-12-22-37(41)39-26-27-40-38-23-13-15-25-42(38)52(44(40)43(39)48)47-50-45(33-20-10-5-11-21-33)49-46(51-47)36-29-34(31-16-6-3-7-17-31)28-35(30-36)32-18-8-4-9-19-32/h3-30H,1-2H3. The van der Waals surface area contributed by atoms with Crippen molar-refractivity contribution in [1.82, 2.24) is 19.5 Å². The van der Waals surface area contributed by atoms with E-state index in [2.05, 4.69) is 170 Å². The topological polar surface area (TPSA) is 43.6 Å². The summed E-state index contributed by atoms with van der Waals surface area (Å²) in [5.74, 6) is 1.86. The van der Waals surface area contributed by atoms with E-state index in [4.69, 9.17) is 15.0 Å². The summed E-state index contributed by atoms with van der Waals surface area (Å²) in [6.07, 6.45) is 0. The van der Waals surface area contributed by atoms with Gasteiger partial charge < -0.3 is 0 Å². The van der Waals surface area contributed by atoms with Gasteiger partial charge in [0, 0.05) is 27.3 Å². The highest BCUT2D eigenvalue weighted by atomic mass is 15.2. The van der Waals surface area contributed by atoms with Crippen molar-refractivity contribution >= 4 is 21.8 Å². The van der Waals surface area contributed by atoms with Crippen molar-refractivity contribution in [2.75, 3.05) is 0 Å². The monoisotopic (exact) mass is 666 g/mol. The second-order valence-corrected chi connectivity index (χ2v) is 14.1. The summed E-state index contributed by atoms with van der Waals surface area (Å²) in [5, 5.41) is 2.36. The van der Waals surface area contributed by atoms with Crippen LogP contribution in [0.5, 0.6) is 0 Å². The van der Waals surface area contributed by atoms with Gasteiger partial charge in [-0.3, -0.25) is 4.57 Å². The summed E-state index contributed by atoms with van der Waals surface area (Å²) in [6, 6.07) is 60.0. The average Bonchev–Trinajstić information content (AvgIpc) is 3.67. The Morgan fingerprint density at radius 1 is 0.423 bits per heavy atom. The fraction of sp³-hybridized carbons (Fsp3) is 0.0625. The van der Waals surface area contributed by atoms with E-state index in [0.717, 1.165) is 44.4 Å². The van der Waals surface area contributed by atoms with E-state index in [1.807, 2.05) is 18.2 Å². The Kier molecular flexibility index (Phi) is 6.80. The first-order valence-corrected chi connectivity index (χ1v) is 17.8. The summed E-state index contributed by atoms with van der Waals surface area (Å²) in [6.45, 7) is 4.68. The molecular weight excluding hydrogens is 633 g/mol. The van der Waals surface area contributed by atoms with Crippen molar-refractivity contribution in [3.63, 3.8) is 0 Å². The van der Waals surface area contributed by atoms with Crippen LogP contribution in [0.15, 0.2) is 170 Å². The van der Waals surface area contributed by atoms with Crippen molar-refractivity contribution in [3.05, 3.63) is 181 Å². The van der Waals surface area contributed by atoms with Crippen molar-refractivity contribution in [1.29, 1.82) is 0 Å². The van der Waals surface area contributed by atoms with Gasteiger partial charge in [-0.05, 0) is 68.8 Å². The number of rotatable bonds is 5. The van der Waals surface area contributed by atoms with E-state index < -0.39 is 0 Å². The number of benzene rings is 7. The SMILES string of the molecule is CC1(C)c2ccccc2-c2ccc3c4ccccc4n(-c4nc(-c5ccccc5)nc(-c5cc(-c6ccccc6)cc(-c6ccccc6)c5)n4)c3c21. The minimum Gasteiger partial charge on any atom is -0.277 e. The molecule has 1 aliphatic carbocycles. The third kappa shape index (κ3) is 4.72. The van der Waals surface area contributed by atoms with E-state index in [-0.39, 0.29) is 5.41 Å². The molecule has 4 heteroatoms. The summed E-state index contributed by atoms with van der Waals surface area (Å²) >= 11 is 0. The Bertz CT molecular complexity index is 2740. The summed E-state index contributed by atoms with van der Waals surface area (Å²) in [7, 11) is 0. The molecule has 0 radical (unpaired) electrons. The molecule has 0 amide bonds. The molecule has 0 atom stereocenters. The number of hydrogen-bond donors (Lipinski definition) is 0. The lowest BCUT2D eigenvalue weighted by atomic mass is 9.81. The second-order valence-electron chi connectivity index (χ2n) is 14.1. The van der Waals surface area contributed by atoms with E-state index in [0.29, 0.717) is 17.6 Å². The van der Waals surface area contributed by atoms with E-state index in [1.54, 1.807) is 0 Å². The predicted molar refractivity (Wildman–Crippen MR) is 213 cm³/mol. The first-order chi connectivity index (χ1) is 25.5. The molecule has 2 heterocycles. The fourth-order valence-electron chi connectivity index (χ4n) is 8.18. The maximum atomic E-state index is 5.40. The lowest BCUT2D eigenvalue weighted by molar-refractivity contribution is 0.663. The molecule has 52 heavy (non-hydrogen) atoms. The van der Waals surface area contributed by atoms with Gasteiger partial charge in [-0.1, -0.05) is 159 Å². The van der Waals surface area contributed by atoms with Crippen molar-refractivity contribution in [3.8, 4) is 62.1 Å². The van der Waals surface area contributed by atoms with Crippen LogP contribution in [-0.4, -0.2) is 19.5 Å². The van der Waals surface area contributed by atoms with Crippen molar-refractivity contribution < 1.29 is 0 Å². The molecule has 0 unspecified atom stereocenters. The Morgan fingerprint density at radius 2 is 0.962 bits per heavy atom. The lowest BCUT2D eigenvalue weighted by Crippen LogP contribution is -2.17. The average molecular weight is 667 g/mol. The molecule has 0 spiro atoms. The summed E-state index contributed by atoms with van der Waals surface area (Å²) in [4.78, 5) is 15.9. The molecule has 9 aromatic rings. The van der Waals surface area contributed by atoms with Gasteiger partial charge in [0.15, 0.2) is 11.6 Å². The van der Waals surface area contributed by atoms with Gasteiger partial charge in [-0.2, -0.15) is 9.97 Å². The van der Waals surface area contributed by atoms with Crippen LogP contribution in [0.2, 0.25) is 0 Å². The highest BCUT2D eigenvalue weighted by molar-refractivity contribution is 6.13. The number of aromatic nitrogens is 4. The fourth-order valence-corrected chi connectivity index (χ4v) is 8.18. The minimum absolute atomic E-state index is 0.232. The summed E-state index contributed by atoms with van der Waals surface area (Å²) in [5.41, 5.74) is 13.5. The Balaban J connectivity index is 1.29. The molecule has 10 rings (SSSR count). The van der Waals surface area contributed by atoms with Crippen LogP contribution in [0.3, 0.4) is 0 Å². The zero-order valence-corrected chi connectivity index (χ0v) is 29.0. The van der Waals surface area contributed by atoms with Gasteiger partial charge >= 0.3 is 0 Å². The zero-order chi connectivity index (χ0) is 34.8. The highest BCUT2D eigenvalue weighted by Gasteiger charge is 2.38. The molecule has 0 saturated carbocycles. The van der Waals surface area contributed by atoms with E-state index >= 15 is 0 Å². The van der Waals surface area contributed by atoms with Crippen molar-refractivity contribution in [2.24, 2.45) is 0 Å². The van der Waals surface area contributed by atoms with Crippen LogP contribution in [-0.2, 0) is 5.41 Å².